The number of nitrogens with zero attached hydrogens (tertiary/aromatic N) is 1. The minimum Gasteiger partial charge on any atom is -0.395 e. The van der Waals surface area contributed by atoms with Gasteiger partial charge in [-0.15, -0.1) is 0 Å². The van der Waals surface area contributed by atoms with Gasteiger partial charge in [0.2, 0.25) is 5.91 Å². The fourth-order valence-electron chi connectivity index (χ4n) is 2.47. The highest BCUT2D eigenvalue weighted by Gasteiger charge is 2.23. The summed E-state index contributed by atoms with van der Waals surface area (Å²) >= 11 is 0. The lowest BCUT2D eigenvalue weighted by atomic mass is 10.0. The van der Waals surface area contributed by atoms with Gasteiger partial charge in [0.1, 0.15) is 0 Å². The maximum Gasteiger partial charge on any atom is 0.234 e. The zero-order valence-corrected chi connectivity index (χ0v) is 13.5. The van der Waals surface area contributed by atoms with Gasteiger partial charge in [-0.2, -0.15) is 0 Å². The number of carbonyl (C=O) groups excluding carboxylic acids is 2. The molecule has 5 heteroatoms. The van der Waals surface area contributed by atoms with Crippen molar-refractivity contribution in [2.24, 2.45) is 5.92 Å². The Labute approximate surface area is 122 Å². The Morgan fingerprint density at radius 1 is 1.20 bits per heavy atom. The van der Waals surface area contributed by atoms with Crippen molar-refractivity contribution in [3.63, 3.8) is 0 Å². The summed E-state index contributed by atoms with van der Waals surface area (Å²) in [6.45, 7) is 10.2. The summed E-state index contributed by atoms with van der Waals surface area (Å²) in [7, 11) is 0. The van der Waals surface area contributed by atoms with Crippen molar-refractivity contribution in [3.05, 3.63) is 0 Å². The van der Waals surface area contributed by atoms with Gasteiger partial charge in [0, 0.05) is 12.6 Å². The molecule has 1 atom stereocenters. The third-order valence-electron chi connectivity index (χ3n) is 3.61. The summed E-state index contributed by atoms with van der Waals surface area (Å²) in [4.78, 5) is 25.6. The molecule has 0 bridgehead atoms. The SMILES string of the molecule is CCC(CC)N(CCO)CC(=O)NC(C(C)=O)C(C)C. The van der Waals surface area contributed by atoms with Gasteiger partial charge in [-0.05, 0) is 25.7 Å². The monoisotopic (exact) mass is 286 g/mol. The Hall–Kier alpha value is -0.940. The summed E-state index contributed by atoms with van der Waals surface area (Å²) < 4.78 is 0. The largest absolute Gasteiger partial charge is 0.395 e. The molecular formula is C15H30N2O3. The number of Topliss-reactive ketones (excluding diaryl/α,β-unsaturated/α-hetero) is 1. The molecule has 0 heterocycles. The Kier molecular flexibility index (Phi) is 9.42. The molecule has 0 spiro atoms. The first-order valence-electron chi connectivity index (χ1n) is 7.51. The number of aliphatic hydroxyl groups excluding tert-OH is 1. The summed E-state index contributed by atoms with van der Waals surface area (Å²) in [5.41, 5.74) is 0. The van der Waals surface area contributed by atoms with Crippen LogP contribution < -0.4 is 5.32 Å². The second kappa shape index (κ2) is 9.88. The smallest absolute Gasteiger partial charge is 0.234 e. The number of rotatable bonds is 10. The van der Waals surface area contributed by atoms with E-state index in [0.717, 1.165) is 12.8 Å². The van der Waals surface area contributed by atoms with Crippen LogP contribution >= 0.6 is 0 Å². The van der Waals surface area contributed by atoms with Crippen LogP contribution in [0.3, 0.4) is 0 Å². The van der Waals surface area contributed by atoms with Gasteiger partial charge in [-0.1, -0.05) is 27.7 Å². The molecule has 0 aromatic carbocycles. The van der Waals surface area contributed by atoms with Gasteiger partial charge in [-0.25, -0.2) is 0 Å². The topological polar surface area (TPSA) is 69.6 Å². The lowest BCUT2D eigenvalue weighted by molar-refractivity contribution is -0.129. The van der Waals surface area contributed by atoms with Gasteiger partial charge in [-0.3, -0.25) is 14.5 Å². The molecule has 0 fully saturated rings. The maximum atomic E-state index is 12.1. The molecule has 5 nitrogen and oxygen atoms in total. The van der Waals surface area contributed by atoms with E-state index in [9.17, 15) is 9.59 Å². The van der Waals surface area contributed by atoms with Crippen LogP contribution in [0.2, 0.25) is 0 Å². The molecule has 0 aliphatic carbocycles. The van der Waals surface area contributed by atoms with E-state index in [1.165, 1.54) is 6.92 Å². The van der Waals surface area contributed by atoms with Crippen LogP contribution in [0.15, 0.2) is 0 Å². The predicted molar refractivity (Wildman–Crippen MR) is 80.5 cm³/mol. The normalized spacial score (nSPS) is 13.1. The highest BCUT2D eigenvalue weighted by molar-refractivity contribution is 5.88. The first-order chi connectivity index (χ1) is 9.37. The summed E-state index contributed by atoms with van der Waals surface area (Å²) in [6.07, 6.45) is 1.87. The average molecular weight is 286 g/mol. The van der Waals surface area contributed by atoms with Crippen LogP contribution in [0, 0.1) is 5.92 Å². The molecule has 0 saturated carbocycles. The Balaban J connectivity index is 4.63. The summed E-state index contributed by atoms with van der Waals surface area (Å²) in [5.74, 6) is -0.0975. The molecule has 1 unspecified atom stereocenters. The Bertz CT molecular complexity index is 301. The molecule has 0 aromatic heterocycles. The van der Waals surface area contributed by atoms with E-state index in [2.05, 4.69) is 19.2 Å². The molecule has 0 aromatic rings. The van der Waals surface area contributed by atoms with Crippen molar-refractivity contribution in [2.75, 3.05) is 19.7 Å². The van der Waals surface area contributed by atoms with Crippen LogP contribution in [-0.2, 0) is 9.59 Å². The molecule has 0 rings (SSSR count). The van der Waals surface area contributed by atoms with Gasteiger partial charge >= 0.3 is 0 Å². The number of nitrogens with one attached hydrogen (secondary N) is 1. The van der Waals surface area contributed by atoms with Gasteiger partial charge in [0.25, 0.3) is 0 Å². The quantitative estimate of drug-likeness (QED) is 0.633. The number of hydrogen-bond donors (Lipinski definition) is 2. The van der Waals surface area contributed by atoms with E-state index in [0.29, 0.717) is 6.54 Å². The predicted octanol–water partition coefficient (Wildman–Crippen LogP) is 1.20. The van der Waals surface area contributed by atoms with E-state index in [-0.39, 0.29) is 36.8 Å². The third-order valence-corrected chi connectivity index (χ3v) is 3.61. The highest BCUT2D eigenvalue weighted by Crippen LogP contribution is 2.08. The second-order valence-corrected chi connectivity index (χ2v) is 5.56. The second-order valence-electron chi connectivity index (χ2n) is 5.56. The number of amides is 1. The van der Waals surface area contributed by atoms with Crippen molar-refractivity contribution in [3.8, 4) is 0 Å². The van der Waals surface area contributed by atoms with Crippen LogP contribution in [0.5, 0.6) is 0 Å². The number of ketones is 1. The van der Waals surface area contributed by atoms with Crippen molar-refractivity contribution in [1.29, 1.82) is 0 Å². The van der Waals surface area contributed by atoms with Gasteiger partial charge in [0.05, 0.1) is 19.2 Å². The van der Waals surface area contributed by atoms with E-state index in [1.807, 2.05) is 18.7 Å². The molecule has 0 aliphatic heterocycles. The van der Waals surface area contributed by atoms with E-state index >= 15 is 0 Å². The van der Waals surface area contributed by atoms with Crippen molar-refractivity contribution < 1.29 is 14.7 Å². The van der Waals surface area contributed by atoms with Gasteiger partial charge in [0.15, 0.2) is 5.78 Å². The molecule has 2 N–H and O–H groups in total. The first kappa shape index (κ1) is 19.1. The van der Waals surface area contributed by atoms with E-state index in [4.69, 9.17) is 5.11 Å². The van der Waals surface area contributed by atoms with Crippen LogP contribution in [-0.4, -0.2) is 53.5 Å². The van der Waals surface area contributed by atoms with E-state index in [1.54, 1.807) is 0 Å². The van der Waals surface area contributed by atoms with Crippen LogP contribution in [0.4, 0.5) is 0 Å². The number of aliphatic hydroxyl groups is 1. The summed E-state index contributed by atoms with van der Waals surface area (Å²) in [5, 5.41) is 11.9. The number of hydrogen-bond acceptors (Lipinski definition) is 4. The van der Waals surface area contributed by atoms with Crippen molar-refractivity contribution in [2.45, 2.75) is 59.5 Å². The molecule has 20 heavy (non-hydrogen) atoms. The highest BCUT2D eigenvalue weighted by atomic mass is 16.3. The molecule has 0 radical (unpaired) electrons. The minimum absolute atomic E-state index is 0.0235. The van der Waals surface area contributed by atoms with Gasteiger partial charge < -0.3 is 10.4 Å². The third kappa shape index (κ3) is 6.48. The molecule has 0 aliphatic rings. The molecular weight excluding hydrogens is 256 g/mol. The first-order valence-corrected chi connectivity index (χ1v) is 7.51. The van der Waals surface area contributed by atoms with E-state index < -0.39 is 6.04 Å². The van der Waals surface area contributed by atoms with Crippen LogP contribution in [0.25, 0.3) is 0 Å². The summed E-state index contributed by atoms with van der Waals surface area (Å²) in [6, 6.07) is -0.150. The maximum absolute atomic E-state index is 12.1. The van der Waals surface area contributed by atoms with Crippen LogP contribution in [0.1, 0.15) is 47.5 Å². The fraction of sp³-hybridized carbons (Fsp3) is 0.867. The minimum atomic E-state index is -0.430. The lowest BCUT2D eigenvalue weighted by Gasteiger charge is -2.30. The zero-order chi connectivity index (χ0) is 15.7. The Morgan fingerprint density at radius 2 is 1.75 bits per heavy atom. The number of carbonyl (C=O) groups is 2. The zero-order valence-electron chi connectivity index (χ0n) is 13.5. The fourth-order valence-corrected chi connectivity index (χ4v) is 2.47. The standard InChI is InChI=1S/C15H30N2O3/c1-6-13(7-2)17(8-9-18)10-14(20)16-15(11(3)4)12(5)19/h11,13,15,18H,6-10H2,1-5H3,(H,16,20). The molecule has 0 saturated heterocycles. The molecule has 1 amide bonds. The Morgan fingerprint density at radius 3 is 2.10 bits per heavy atom. The average Bonchev–Trinajstić information content (AvgIpc) is 2.36. The van der Waals surface area contributed by atoms with Crippen molar-refractivity contribution in [1.82, 2.24) is 10.2 Å². The van der Waals surface area contributed by atoms with Crippen molar-refractivity contribution >= 4 is 11.7 Å². The lowest BCUT2D eigenvalue weighted by Crippen LogP contribution is -2.49. The molecule has 118 valence electrons.